The van der Waals surface area contributed by atoms with Gasteiger partial charge >= 0.3 is 0 Å². The molecule has 2 heterocycles. The highest BCUT2D eigenvalue weighted by Crippen LogP contribution is 2.31. The molecule has 0 amide bonds. The number of hydrogen-bond donors (Lipinski definition) is 2. The van der Waals surface area contributed by atoms with Gasteiger partial charge in [0.15, 0.2) is 5.66 Å². The van der Waals surface area contributed by atoms with Gasteiger partial charge in [-0.3, -0.25) is 4.84 Å². The molecule has 0 unspecified atom stereocenters. The zero-order chi connectivity index (χ0) is 17.7. The second-order valence-corrected chi connectivity index (χ2v) is 6.18. The summed E-state index contributed by atoms with van der Waals surface area (Å²) in [5, 5.41) is 1.58. The maximum absolute atomic E-state index is 6.01. The van der Waals surface area contributed by atoms with Gasteiger partial charge in [0.25, 0.3) is 0 Å². The Balaban J connectivity index is 1.50. The molecule has 8 nitrogen and oxygen atoms in total. The van der Waals surface area contributed by atoms with Crippen LogP contribution in [-0.2, 0) is 9.57 Å². The van der Waals surface area contributed by atoms with Gasteiger partial charge in [-0.25, -0.2) is 4.99 Å². The highest BCUT2D eigenvalue weighted by atomic mass is 16.7. The van der Waals surface area contributed by atoms with E-state index in [0.717, 1.165) is 5.75 Å². The smallest absolute Gasteiger partial charge is 0.226 e. The van der Waals surface area contributed by atoms with Gasteiger partial charge in [-0.2, -0.15) is 10.1 Å². The van der Waals surface area contributed by atoms with Crippen LogP contribution in [0, 0.1) is 6.92 Å². The Hall–Kier alpha value is -2.32. The molecule has 0 aliphatic carbocycles. The molecule has 1 spiro atoms. The van der Waals surface area contributed by atoms with Gasteiger partial charge in [0.05, 0.1) is 26.4 Å². The van der Waals surface area contributed by atoms with Gasteiger partial charge in [-0.15, -0.1) is 0 Å². The monoisotopic (exact) mass is 347 g/mol. The van der Waals surface area contributed by atoms with Gasteiger partial charge in [0.2, 0.25) is 11.9 Å². The lowest BCUT2D eigenvalue weighted by Gasteiger charge is -2.43. The topological polar surface area (TPSA) is 108 Å². The molecule has 0 radical (unpaired) electrons. The van der Waals surface area contributed by atoms with E-state index in [9.17, 15) is 0 Å². The molecule has 1 saturated heterocycles. The van der Waals surface area contributed by atoms with Crippen LogP contribution in [0.4, 0.5) is 0 Å². The summed E-state index contributed by atoms with van der Waals surface area (Å²) in [5.74, 6) is 1.26. The van der Waals surface area contributed by atoms with E-state index in [1.165, 1.54) is 5.56 Å². The molecule has 0 bridgehead atoms. The molecule has 2 aliphatic heterocycles. The van der Waals surface area contributed by atoms with Crippen molar-refractivity contribution < 1.29 is 14.3 Å². The Kier molecular flexibility index (Phi) is 5.40. The molecule has 0 atom stereocenters. The number of ether oxygens (including phenoxy) is 2. The lowest BCUT2D eigenvalue weighted by Crippen LogP contribution is -2.59. The molecule has 8 heteroatoms. The van der Waals surface area contributed by atoms with E-state index in [2.05, 4.69) is 9.98 Å². The standard InChI is InChI=1S/C17H25N5O3/c1-13-3-5-14(6-4-13)24-9-2-10-25-22-16(19)20-15(18)21-17(22)7-11-23-12-8-17/h3-6H,2,7-12H2,1H3,(H4,18,19,20,21). The molecule has 3 rings (SSSR count). The summed E-state index contributed by atoms with van der Waals surface area (Å²) in [6.07, 6.45) is 2.02. The summed E-state index contributed by atoms with van der Waals surface area (Å²) in [6.45, 7) is 4.21. The van der Waals surface area contributed by atoms with Crippen LogP contribution in [0.2, 0.25) is 0 Å². The van der Waals surface area contributed by atoms with E-state index in [-0.39, 0.29) is 11.9 Å². The first kappa shape index (κ1) is 17.5. The Morgan fingerprint density at radius 2 is 1.88 bits per heavy atom. The van der Waals surface area contributed by atoms with Crippen molar-refractivity contribution in [2.24, 2.45) is 21.5 Å². The molecule has 1 aromatic rings. The molecule has 1 fully saturated rings. The Bertz CT molecular complexity index is 638. The van der Waals surface area contributed by atoms with Crippen molar-refractivity contribution in [3.8, 4) is 5.75 Å². The van der Waals surface area contributed by atoms with Crippen LogP contribution in [-0.4, -0.2) is 49.1 Å². The molecule has 4 N–H and O–H groups in total. The first-order valence-electron chi connectivity index (χ1n) is 8.49. The lowest BCUT2D eigenvalue weighted by atomic mass is 10.0. The van der Waals surface area contributed by atoms with Gasteiger partial charge in [-0.1, -0.05) is 17.7 Å². The largest absolute Gasteiger partial charge is 0.494 e. The van der Waals surface area contributed by atoms with Crippen LogP contribution in [0.5, 0.6) is 5.75 Å². The summed E-state index contributed by atoms with van der Waals surface area (Å²) in [7, 11) is 0. The average Bonchev–Trinajstić information content (AvgIpc) is 2.59. The predicted octanol–water partition coefficient (Wildman–Crippen LogP) is 1.15. The molecular weight excluding hydrogens is 322 g/mol. The second kappa shape index (κ2) is 7.71. The number of guanidine groups is 2. The van der Waals surface area contributed by atoms with E-state index in [0.29, 0.717) is 45.7 Å². The highest BCUT2D eigenvalue weighted by Gasteiger charge is 2.43. The van der Waals surface area contributed by atoms with Crippen molar-refractivity contribution in [3.63, 3.8) is 0 Å². The first-order valence-corrected chi connectivity index (χ1v) is 8.49. The van der Waals surface area contributed by atoms with Crippen molar-refractivity contribution in [1.29, 1.82) is 0 Å². The van der Waals surface area contributed by atoms with Crippen molar-refractivity contribution >= 4 is 11.9 Å². The third kappa shape index (κ3) is 4.21. The maximum Gasteiger partial charge on any atom is 0.226 e. The Labute approximate surface area is 147 Å². The van der Waals surface area contributed by atoms with E-state index < -0.39 is 5.66 Å². The van der Waals surface area contributed by atoms with Crippen molar-refractivity contribution in [1.82, 2.24) is 5.06 Å². The van der Waals surface area contributed by atoms with E-state index >= 15 is 0 Å². The minimum Gasteiger partial charge on any atom is -0.494 e. The number of nitrogens with two attached hydrogens (primary N) is 2. The quantitative estimate of drug-likeness (QED) is 0.747. The van der Waals surface area contributed by atoms with Crippen LogP contribution < -0.4 is 16.2 Å². The van der Waals surface area contributed by atoms with E-state index in [1.54, 1.807) is 5.06 Å². The molecule has 0 aromatic heterocycles. The van der Waals surface area contributed by atoms with Crippen LogP contribution in [0.25, 0.3) is 0 Å². The number of benzene rings is 1. The summed E-state index contributed by atoms with van der Waals surface area (Å²) in [6, 6.07) is 7.96. The van der Waals surface area contributed by atoms with Crippen LogP contribution in [0.15, 0.2) is 34.3 Å². The van der Waals surface area contributed by atoms with Crippen molar-refractivity contribution in [3.05, 3.63) is 29.8 Å². The van der Waals surface area contributed by atoms with Crippen molar-refractivity contribution in [2.75, 3.05) is 26.4 Å². The fourth-order valence-electron chi connectivity index (χ4n) is 2.90. The fourth-order valence-corrected chi connectivity index (χ4v) is 2.90. The number of nitrogens with zero attached hydrogens (tertiary/aromatic N) is 3. The summed E-state index contributed by atoms with van der Waals surface area (Å²) >= 11 is 0. The van der Waals surface area contributed by atoms with E-state index in [4.69, 9.17) is 25.8 Å². The Morgan fingerprint density at radius 1 is 1.16 bits per heavy atom. The van der Waals surface area contributed by atoms with Gasteiger partial charge in [0, 0.05) is 19.3 Å². The SMILES string of the molecule is Cc1ccc(OCCCON2C(N)=NC(N)=NC23CCOCC3)cc1. The van der Waals surface area contributed by atoms with Crippen LogP contribution in [0.3, 0.4) is 0 Å². The number of rotatable bonds is 6. The van der Waals surface area contributed by atoms with E-state index in [1.807, 2.05) is 31.2 Å². The summed E-state index contributed by atoms with van der Waals surface area (Å²) in [5.41, 5.74) is 12.4. The fraction of sp³-hybridized carbons (Fsp3) is 0.529. The number of hydroxylamine groups is 2. The molecule has 0 saturated carbocycles. The maximum atomic E-state index is 6.01. The Morgan fingerprint density at radius 3 is 2.60 bits per heavy atom. The predicted molar refractivity (Wildman–Crippen MR) is 95.1 cm³/mol. The minimum atomic E-state index is -0.619. The lowest BCUT2D eigenvalue weighted by molar-refractivity contribution is -0.190. The number of aliphatic imine (C=N–C) groups is 2. The molecular formula is C17H25N5O3. The highest BCUT2D eigenvalue weighted by molar-refractivity contribution is 5.95. The number of aryl methyl sites for hydroxylation is 1. The van der Waals surface area contributed by atoms with Gasteiger partial charge in [0.1, 0.15) is 5.75 Å². The average molecular weight is 347 g/mol. The number of hydrogen-bond acceptors (Lipinski definition) is 8. The molecule has 136 valence electrons. The second-order valence-electron chi connectivity index (χ2n) is 6.18. The van der Waals surface area contributed by atoms with Crippen LogP contribution in [0.1, 0.15) is 24.8 Å². The van der Waals surface area contributed by atoms with Crippen LogP contribution >= 0.6 is 0 Å². The first-order chi connectivity index (χ1) is 12.1. The van der Waals surface area contributed by atoms with Gasteiger partial charge < -0.3 is 20.9 Å². The zero-order valence-electron chi connectivity index (χ0n) is 14.5. The van der Waals surface area contributed by atoms with Crippen molar-refractivity contribution in [2.45, 2.75) is 31.8 Å². The molecule has 1 aromatic carbocycles. The molecule has 2 aliphatic rings. The third-order valence-corrected chi connectivity index (χ3v) is 4.23. The molecule has 25 heavy (non-hydrogen) atoms. The normalized spacial score (nSPS) is 19.5. The third-order valence-electron chi connectivity index (χ3n) is 4.23. The summed E-state index contributed by atoms with van der Waals surface area (Å²) < 4.78 is 11.1. The minimum absolute atomic E-state index is 0.182. The zero-order valence-corrected chi connectivity index (χ0v) is 14.5. The summed E-state index contributed by atoms with van der Waals surface area (Å²) in [4.78, 5) is 14.4. The van der Waals surface area contributed by atoms with Gasteiger partial charge in [-0.05, 0) is 19.1 Å².